The standard InChI is InChI=1S/C16H20N2/c1-3-5-13-6-4-7-14(10-13)16(17)15-9-8-12(2)18-11-15/h4,6-11,16H,3,5,17H2,1-2H3. The number of aromatic nitrogens is 1. The molecule has 2 rings (SSSR count). The van der Waals surface area contributed by atoms with Crippen LogP contribution in [0.2, 0.25) is 0 Å². The Balaban J connectivity index is 2.24. The van der Waals surface area contributed by atoms with E-state index in [1.165, 1.54) is 5.56 Å². The lowest BCUT2D eigenvalue weighted by molar-refractivity contribution is 0.850. The van der Waals surface area contributed by atoms with E-state index in [1.807, 2.05) is 19.2 Å². The van der Waals surface area contributed by atoms with E-state index in [4.69, 9.17) is 5.73 Å². The molecule has 0 fully saturated rings. The van der Waals surface area contributed by atoms with Crippen LogP contribution in [0.3, 0.4) is 0 Å². The zero-order chi connectivity index (χ0) is 13.0. The fourth-order valence-corrected chi connectivity index (χ4v) is 2.09. The quantitative estimate of drug-likeness (QED) is 0.889. The number of hydrogen-bond acceptors (Lipinski definition) is 2. The van der Waals surface area contributed by atoms with E-state index >= 15 is 0 Å². The lowest BCUT2D eigenvalue weighted by Gasteiger charge is -2.13. The van der Waals surface area contributed by atoms with Crippen LogP contribution in [0.5, 0.6) is 0 Å². The average Bonchev–Trinajstić information content (AvgIpc) is 2.39. The lowest BCUT2D eigenvalue weighted by atomic mass is 9.98. The van der Waals surface area contributed by atoms with E-state index in [9.17, 15) is 0 Å². The molecule has 2 N–H and O–H groups in total. The topological polar surface area (TPSA) is 38.9 Å². The van der Waals surface area contributed by atoms with Crippen molar-refractivity contribution in [2.24, 2.45) is 5.73 Å². The van der Waals surface area contributed by atoms with Crippen molar-refractivity contribution >= 4 is 0 Å². The Morgan fingerprint density at radius 3 is 2.67 bits per heavy atom. The number of nitrogens with zero attached hydrogens (tertiary/aromatic N) is 1. The molecule has 0 saturated heterocycles. The number of aryl methyl sites for hydroxylation is 2. The Labute approximate surface area is 109 Å². The smallest absolute Gasteiger partial charge is 0.0567 e. The van der Waals surface area contributed by atoms with Crippen molar-refractivity contribution in [1.29, 1.82) is 0 Å². The van der Waals surface area contributed by atoms with E-state index in [1.54, 1.807) is 0 Å². The van der Waals surface area contributed by atoms with Crippen molar-refractivity contribution in [2.75, 3.05) is 0 Å². The van der Waals surface area contributed by atoms with Crippen LogP contribution in [0.1, 0.15) is 41.8 Å². The zero-order valence-electron chi connectivity index (χ0n) is 11.1. The van der Waals surface area contributed by atoms with E-state index in [2.05, 4.69) is 42.2 Å². The lowest BCUT2D eigenvalue weighted by Crippen LogP contribution is -2.12. The van der Waals surface area contributed by atoms with Crippen molar-refractivity contribution in [3.05, 3.63) is 65.0 Å². The highest BCUT2D eigenvalue weighted by atomic mass is 14.7. The van der Waals surface area contributed by atoms with Gasteiger partial charge in [0.2, 0.25) is 0 Å². The van der Waals surface area contributed by atoms with Crippen molar-refractivity contribution in [2.45, 2.75) is 32.7 Å². The molecule has 1 unspecified atom stereocenters. The van der Waals surface area contributed by atoms with Gasteiger partial charge in [0, 0.05) is 11.9 Å². The summed E-state index contributed by atoms with van der Waals surface area (Å²) in [4.78, 5) is 4.30. The zero-order valence-corrected chi connectivity index (χ0v) is 11.1. The number of rotatable bonds is 4. The summed E-state index contributed by atoms with van der Waals surface area (Å²) in [5.74, 6) is 0. The van der Waals surface area contributed by atoms with Gasteiger partial charge in [0.1, 0.15) is 0 Å². The maximum absolute atomic E-state index is 6.29. The largest absolute Gasteiger partial charge is 0.320 e. The first-order chi connectivity index (χ1) is 8.70. The first-order valence-electron chi connectivity index (χ1n) is 6.47. The van der Waals surface area contributed by atoms with E-state index in [0.717, 1.165) is 29.7 Å². The van der Waals surface area contributed by atoms with Crippen molar-refractivity contribution in [3.63, 3.8) is 0 Å². The third kappa shape index (κ3) is 2.96. The molecule has 1 aromatic carbocycles. The molecule has 2 nitrogen and oxygen atoms in total. The predicted molar refractivity (Wildman–Crippen MR) is 75.4 cm³/mol. The maximum Gasteiger partial charge on any atom is 0.0567 e. The van der Waals surface area contributed by atoms with Crippen LogP contribution in [0.15, 0.2) is 42.6 Å². The highest BCUT2D eigenvalue weighted by Crippen LogP contribution is 2.20. The van der Waals surface area contributed by atoms with Gasteiger partial charge in [-0.1, -0.05) is 43.7 Å². The molecule has 0 amide bonds. The van der Waals surface area contributed by atoms with E-state index in [0.29, 0.717) is 0 Å². The van der Waals surface area contributed by atoms with Crippen LogP contribution in [0.4, 0.5) is 0 Å². The third-order valence-corrected chi connectivity index (χ3v) is 3.14. The third-order valence-electron chi connectivity index (χ3n) is 3.14. The number of pyridine rings is 1. The second-order valence-electron chi connectivity index (χ2n) is 4.71. The van der Waals surface area contributed by atoms with Crippen LogP contribution in [-0.4, -0.2) is 4.98 Å². The molecule has 18 heavy (non-hydrogen) atoms. The van der Waals surface area contributed by atoms with Gasteiger partial charge in [-0.05, 0) is 36.1 Å². The van der Waals surface area contributed by atoms with Crippen LogP contribution in [-0.2, 0) is 6.42 Å². The van der Waals surface area contributed by atoms with E-state index in [-0.39, 0.29) is 6.04 Å². The minimum atomic E-state index is -0.0880. The Morgan fingerprint density at radius 1 is 1.17 bits per heavy atom. The van der Waals surface area contributed by atoms with Gasteiger partial charge in [0.05, 0.1) is 6.04 Å². The molecular weight excluding hydrogens is 220 g/mol. The summed E-state index contributed by atoms with van der Waals surface area (Å²) in [5, 5.41) is 0. The second-order valence-corrected chi connectivity index (χ2v) is 4.71. The van der Waals surface area contributed by atoms with Gasteiger partial charge in [0.15, 0.2) is 0 Å². The normalized spacial score (nSPS) is 12.4. The number of benzene rings is 1. The molecule has 94 valence electrons. The molecule has 1 heterocycles. The van der Waals surface area contributed by atoms with Crippen molar-refractivity contribution in [3.8, 4) is 0 Å². The summed E-state index contributed by atoms with van der Waals surface area (Å²) in [6, 6.07) is 12.5. The van der Waals surface area contributed by atoms with Crippen molar-refractivity contribution in [1.82, 2.24) is 4.98 Å². The first kappa shape index (κ1) is 12.8. The first-order valence-corrected chi connectivity index (χ1v) is 6.47. The van der Waals surface area contributed by atoms with Crippen LogP contribution in [0.25, 0.3) is 0 Å². The highest BCUT2D eigenvalue weighted by Gasteiger charge is 2.09. The summed E-state index contributed by atoms with van der Waals surface area (Å²) < 4.78 is 0. The maximum atomic E-state index is 6.29. The highest BCUT2D eigenvalue weighted by molar-refractivity contribution is 5.33. The number of nitrogens with two attached hydrogens (primary N) is 1. The summed E-state index contributed by atoms with van der Waals surface area (Å²) in [6.07, 6.45) is 4.13. The molecule has 0 aliphatic carbocycles. The van der Waals surface area contributed by atoms with Gasteiger partial charge in [-0.15, -0.1) is 0 Å². The molecule has 0 aliphatic heterocycles. The Morgan fingerprint density at radius 2 is 2.00 bits per heavy atom. The van der Waals surface area contributed by atoms with Gasteiger partial charge in [-0.3, -0.25) is 4.98 Å². The molecule has 0 spiro atoms. The summed E-state index contributed by atoms with van der Waals surface area (Å²) in [6.45, 7) is 4.17. The Kier molecular flexibility index (Phi) is 4.11. The molecule has 0 radical (unpaired) electrons. The Hall–Kier alpha value is -1.67. The molecule has 2 heteroatoms. The van der Waals surface area contributed by atoms with Gasteiger partial charge >= 0.3 is 0 Å². The summed E-state index contributed by atoms with van der Waals surface area (Å²) in [7, 11) is 0. The minimum absolute atomic E-state index is 0.0880. The van der Waals surface area contributed by atoms with Crippen LogP contribution >= 0.6 is 0 Å². The summed E-state index contributed by atoms with van der Waals surface area (Å²) in [5.41, 5.74) is 10.9. The average molecular weight is 240 g/mol. The second kappa shape index (κ2) is 5.78. The fourth-order valence-electron chi connectivity index (χ4n) is 2.09. The van der Waals surface area contributed by atoms with Gasteiger partial charge < -0.3 is 5.73 Å². The summed E-state index contributed by atoms with van der Waals surface area (Å²) >= 11 is 0. The molecule has 1 aromatic heterocycles. The number of hydrogen-bond donors (Lipinski definition) is 1. The van der Waals surface area contributed by atoms with E-state index < -0.39 is 0 Å². The van der Waals surface area contributed by atoms with Crippen LogP contribution < -0.4 is 5.73 Å². The molecule has 2 aromatic rings. The monoisotopic (exact) mass is 240 g/mol. The molecule has 0 bridgehead atoms. The Bertz CT molecular complexity index is 503. The fraction of sp³-hybridized carbons (Fsp3) is 0.312. The SMILES string of the molecule is CCCc1cccc(C(N)c2ccc(C)nc2)c1. The van der Waals surface area contributed by atoms with Crippen LogP contribution in [0, 0.1) is 6.92 Å². The van der Waals surface area contributed by atoms with Gasteiger partial charge in [-0.25, -0.2) is 0 Å². The van der Waals surface area contributed by atoms with Crippen molar-refractivity contribution < 1.29 is 0 Å². The predicted octanol–water partition coefficient (Wildman–Crippen LogP) is 3.39. The molecule has 0 aliphatic rings. The molecule has 1 atom stereocenters. The molecular formula is C16H20N2. The minimum Gasteiger partial charge on any atom is -0.320 e. The van der Waals surface area contributed by atoms with Gasteiger partial charge in [-0.2, -0.15) is 0 Å². The van der Waals surface area contributed by atoms with Gasteiger partial charge in [0.25, 0.3) is 0 Å². The molecule has 0 saturated carbocycles.